The molecule has 3 aromatic rings. The Morgan fingerprint density at radius 3 is 2.68 bits per heavy atom. The number of aromatic nitrogens is 3. The number of nitrogens with one attached hydrogen (secondary N) is 1. The van der Waals surface area contributed by atoms with Crippen LogP contribution in [0.15, 0.2) is 71.5 Å². The Labute approximate surface area is 225 Å². The molecule has 0 amide bonds. The van der Waals surface area contributed by atoms with Crippen LogP contribution >= 0.6 is 23.4 Å². The number of anilines is 1. The van der Waals surface area contributed by atoms with E-state index in [-0.39, 0.29) is 6.61 Å². The summed E-state index contributed by atoms with van der Waals surface area (Å²) in [6, 6.07) is 12.5. The smallest absolute Gasteiger partial charge is 0.338 e. The van der Waals surface area contributed by atoms with Crippen molar-refractivity contribution in [1.82, 2.24) is 14.8 Å². The SMILES string of the molecule is C=CCOC(=O)C1=C(C)Nc2nc(SCC)nn2C1c1ccc(OCc2ccc(Cl)cc2)c(OCC)c1. The van der Waals surface area contributed by atoms with Crippen molar-refractivity contribution in [2.75, 3.05) is 24.3 Å². The highest BCUT2D eigenvalue weighted by molar-refractivity contribution is 7.99. The first kappa shape index (κ1) is 26.6. The molecule has 1 N–H and O–H groups in total. The second kappa shape index (κ2) is 12.2. The fourth-order valence-electron chi connectivity index (χ4n) is 3.93. The molecule has 0 bridgehead atoms. The third-order valence-electron chi connectivity index (χ3n) is 5.55. The van der Waals surface area contributed by atoms with E-state index >= 15 is 0 Å². The number of nitrogens with zero attached hydrogens (tertiary/aromatic N) is 3. The molecule has 37 heavy (non-hydrogen) atoms. The molecule has 8 nitrogen and oxygen atoms in total. The lowest BCUT2D eigenvalue weighted by molar-refractivity contribution is -0.138. The summed E-state index contributed by atoms with van der Waals surface area (Å²) in [5.74, 6) is 2.07. The predicted molar refractivity (Wildman–Crippen MR) is 145 cm³/mol. The summed E-state index contributed by atoms with van der Waals surface area (Å²) >= 11 is 7.52. The number of allylic oxidation sites excluding steroid dienone is 1. The Morgan fingerprint density at radius 2 is 1.97 bits per heavy atom. The third-order valence-corrected chi connectivity index (χ3v) is 6.52. The molecule has 2 aromatic carbocycles. The molecule has 194 valence electrons. The number of halogens is 1. The van der Waals surface area contributed by atoms with Crippen molar-refractivity contribution in [3.63, 3.8) is 0 Å². The molecular weight excluding hydrogens is 512 g/mol. The Morgan fingerprint density at radius 1 is 1.19 bits per heavy atom. The number of benzene rings is 2. The number of carbonyl (C=O) groups excluding carboxylic acids is 1. The molecule has 4 rings (SSSR count). The van der Waals surface area contributed by atoms with Crippen molar-refractivity contribution in [2.45, 2.75) is 38.6 Å². The Hall–Kier alpha value is -3.43. The summed E-state index contributed by atoms with van der Waals surface area (Å²) < 4.78 is 19.2. The van der Waals surface area contributed by atoms with Gasteiger partial charge in [-0.2, -0.15) is 4.98 Å². The first-order valence-electron chi connectivity index (χ1n) is 11.9. The Balaban J connectivity index is 1.72. The van der Waals surface area contributed by atoms with Crippen molar-refractivity contribution in [3.05, 3.63) is 82.5 Å². The lowest BCUT2D eigenvalue weighted by Gasteiger charge is -2.28. The van der Waals surface area contributed by atoms with Crippen LogP contribution in [0, 0.1) is 0 Å². The zero-order valence-corrected chi connectivity index (χ0v) is 22.6. The van der Waals surface area contributed by atoms with Crippen molar-refractivity contribution < 1.29 is 19.0 Å². The van der Waals surface area contributed by atoms with Crippen molar-refractivity contribution in [3.8, 4) is 11.5 Å². The molecule has 1 aromatic heterocycles. The van der Waals surface area contributed by atoms with Gasteiger partial charge in [-0.1, -0.05) is 61.1 Å². The van der Waals surface area contributed by atoms with Gasteiger partial charge in [-0.25, -0.2) is 9.48 Å². The first-order chi connectivity index (χ1) is 17.9. The summed E-state index contributed by atoms with van der Waals surface area (Å²) in [6.07, 6.45) is 1.54. The summed E-state index contributed by atoms with van der Waals surface area (Å²) in [7, 11) is 0. The van der Waals surface area contributed by atoms with E-state index in [1.54, 1.807) is 4.68 Å². The molecule has 0 saturated carbocycles. The van der Waals surface area contributed by atoms with Crippen LogP contribution in [0.25, 0.3) is 0 Å². The van der Waals surface area contributed by atoms with Gasteiger partial charge in [-0.3, -0.25) is 0 Å². The molecule has 1 aliphatic rings. The number of hydrogen-bond acceptors (Lipinski definition) is 8. The number of esters is 1. The normalized spacial score (nSPS) is 14.5. The lowest BCUT2D eigenvalue weighted by Crippen LogP contribution is -2.29. The number of ether oxygens (including phenoxy) is 3. The highest BCUT2D eigenvalue weighted by atomic mass is 35.5. The zero-order chi connectivity index (χ0) is 26.4. The maximum Gasteiger partial charge on any atom is 0.338 e. The van der Waals surface area contributed by atoms with E-state index in [1.807, 2.05) is 63.2 Å². The monoisotopic (exact) mass is 540 g/mol. The van der Waals surface area contributed by atoms with Gasteiger partial charge in [0, 0.05) is 10.7 Å². The van der Waals surface area contributed by atoms with E-state index in [2.05, 4.69) is 22.0 Å². The molecule has 10 heteroatoms. The number of fused-ring (bicyclic) bond motifs is 1. The van der Waals surface area contributed by atoms with E-state index < -0.39 is 12.0 Å². The molecule has 0 radical (unpaired) electrons. The van der Waals surface area contributed by atoms with Crippen molar-refractivity contribution in [2.24, 2.45) is 0 Å². The highest BCUT2D eigenvalue weighted by Gasteiger charge is 2.35. The number of carbonyl (C=O) groups is 1. The maximum absolute atomic E-state index is 13.2. The third kappa shape index (κ3) is 6.11. The quantitative estimate of drug-likeness (QED) is 0.179. The molecule has 0 spiro atoms. The topological polar surface area (TPSA) is 87.5 Å². The summed E-state index contributed by atoms with van der Waals surface area (Å²) in [4.78, 5) is 17.8. The number of rotatable bonds is 11. The lowest BCUT2D eigenvalue weighted by atomic mass is 9.95. The van der Waals surface area contributed by atoms with Crippen LogP contribution in [-0.4, -0.2) is 39.7 Å². The summed E-state index contributed by atoms with van der Waals surface area (Å²) in [5.41, 5.74) is 2.85. The summed E-state index contributed by atoms with van der Waals surface area (Å²) in [5, 5.41) is 9.18. The average molecular weight is 541 g/mol. The summed E-state index contributed by atoms with van der Waals surface area (Å²) in [6.45, 7) is 10.3. The van der Waals surface area contributed by atoms with E-state index in [9.17, 15) is 4.79 Å². The molecule has 1 aliphatic heterocycles. The van der Waals surface area contributed by atoms with Crippen LogP contribution in [0.5, 0.6) is 11.5 Å². The second-order valence-electron chi connectivity index (χ2n) is 8.10. The van der Waals surface area contributed by atoms with Crippen LogP contribution in [0.2, 0.25) is 5.02 Å². The Bertz CT molecular complexity index is 1310. The van der Waals surface area contributed by atoms with E-state index in [0.717, 1.165) is 16.9 Å². The molecule has 0 fully saturated rings. The van der Waals surface area contributed by atoms with Crippen LogP contribution in [0.4, 0.5) is 5.95 Å². The molecular formula is C27H29ClN4O4S. The van der Waals surface area contributed by atoms with Gasteiger partial charge < -0.3 is 19.5 Å². The van der Waals surface area contributed by atoms with E-state index in [4.69, 9.17) is 25.8 Å². The minimum absolute atomic E-state index is 0.102. The van der Waals surface area contributed by atoms with Gasteiger partial charge in [-0.15, -0.1) is 5.10 Å². The van der Waals surface area contributed by atoms with E-state index in [1.165, 1.54) is 17.8 Å². The minimum atomic E-state index is -0.572. The van der Waals surface area contributed by atoms with Crippen molar-refractivity contribution >= 4 is 35.3 Å². The van der Waals surface area contributed by atoms with Crippen molar-refractivity contribution in [1.29, 1.82) is 0 Å². The predicted octanol–water partition coefficient (Wildman–Crippen LogP) is 6.04. The Kier molecular flexibility index (Phi) is 8.78. The van der Waals surface area contributed by atoms with Crippen LogP contribution in [-0.2, 0) is 16.1 Å². The van der Waals surface area contributed by atoms with Crippen LogP contribution in [0.1, 0.15) is 37.9 Å². The van der Waals surface area contributed by atoms with Gasteiger partial charge in [0.05, 0.1) is 12.2 Å². The molecule has 1 atom stereocenters. The van der Waals surface area contributed by atoms with Crippen LogP contribution < -0.4 is 14.8 Å². The fourth-order valence-corrected chi connectivity index (χ4v) is 4.61. The second-order valence-corrected chi connectivity index (χ2v) is 9.77. The van der Waals surface area contributed by atoms with E-state index in [0.29, 0.717) is 52.1 Å². The highest BCUT2D eigenvalue weighted by Crippen LogP contribution is 2.40. The number of thioether (sulfide) groups is 1. The van der Waals surface area contributed by atoms with Crippen LogP contribution in [0.3, 0.4) is 0 Å². The van der Waals surface area contributed by atoms with Gasteiger partial charge in [-0.05, 0) is 55.0 Å². The van der Waals surface area contributed by atoms with Gasteiger partial charge in [0.25, 0.3) is 0 Å². The number of hydrogen-bond donors (Lipinski definition) is 1. The largest absolute Gasteiger partial charge is 0.490 e. The fraction of sp³-hybridized carbons (Fsp3) is 0.296. The van der Waals surface area contributed by atoms with Gasteiger partial charge in [0.15, 0.2) is 11.5 Å². The molecule has 0 aliphatic carbocycles. The molecule has 2 heterocycles. The molecule has 1 unspecified atom stereocenters. The van der Waals surface area contributed by atoms with Gasteiger partial charge in [0.1, 0.15) is 19.3 Å². The maximum atomic E-state index is 13.2. The molecule has 0 saturated heterocycles. The average Bonchev–Trinajstić information content (AvgIpc) is 3.28. The van der Waals surface area contributed by atoms with Gasteiger partial charge in [0.2, 0.25) is 11.1 Å². The zero-order valence-electron chi connectivity index (χ0n) is 21.0. The minimum Gasteiger partial charge on any atom is -0.490 e. The standard InChI is InChI=1S/C27H29ClN4O4S/c1-5-14-35-25(33)23-17(4)29-26-30-27(37-7-3)31-32(26)24(23)19-10-13-21(22(15-19)34-6-2)36-16-18-8-11-20(28)12-9-18/h5,8-13,15,24H,1,6-7,14,16H2,2-4H3,(H,29,30,31). The first-order valence-corrected chi connectivity index (χ1v) is 13.3. The van der Waals surface area contributed by atoms with Gasteiger partial charge >= 0.3 is 5.97 Å².